The van der Waals surface area contributed by atoms with Gasteiger partial charge in [-0.3, -0.25) is 0 Å². The lowest BCUT2D eigenvalue weighted by molar-refractivity contribution is -0.0346. The van der Waals surface area contributed by atoms with E-state index in [0.717, 1.165) is 19.3 Å². The zero-order chi connectivity index (χ0) is 8.93. The highest BCUT2D eigenvalue weighted by Crippen LogP contribution is 2.50. The SMILES string of the molecule is CC1CC(C2(O)CC2)C(O)C1O. The third-order valence-corrected chi connectivity index (χ3v) is 3.42. The Balaban J connectivity index is 2.09. The molecule has 3 heteroatoms. The van der Waals surface area contributed by atoms with Gasteiger partial charge in [-0.1, -0.05) is 6.92 Å². The van der Waals surface area contributed by atoms with Gasteiger partial charge in [0.15, 0.2) is 0 Å². The molecule has 2 fully saturated rings. The predicted octanol–water partition coefficient (Wildman–Crippen LogP) is -0.111. The van der Waals surface area contributed by atoms with Gasteiger partial charge >= 0.3 is 0 Å². The number of aliphatic hydroxyl groups is 3. The Morgan fingerprint density at radius 2 is 1.75 bits per heavy atom. The second kappa shape index (κ2) is 2.44. The van der Waals surface area contributed by atoms with E-state index in [4.69, 9.17) is 0 Å². The average Bonchev–Trinajstić information content (AvgIpc) is 2.71. The number of hydrogen-bond donors (Lipinski definition) is 3. The Kier molecular flexibility index (Phi) is 1.72. The minimum Gasteiger partial charge on any atom is -0.390 e. The van der Waals surface area contributed by atoms with Crippen LogP contribution in [0.1, 0.15) is 26.2 Å². The van der Waals surface area contributed by atoms with E-state index < -0.39 is 17.8 Å². The van der Waals surface area contributed by atoms with Crippen LogP contribution in [0.2, 0.25) is 0 Å². The van der Waals surface area contributed by atoms with E-state index in [2.05, 4.69) is 0 Å². The van der Waals surface area contributed by atoms with Crippen LogP contribution in [-0.4, -0.2) is 33.1 Å². The molecule has 0 aromatic rings. The standard InChI is InChI=1S/C9H16O3/c1-5-4-6(8(11)7(5)10)9(12)2-3-9/h5-8,10-12H,2-4H2,1H3. The van der Waals surface area contributed by atoms with Gasteiger partial charge in [0.25, 0.3) is 0 Å². The largest absolute Gasteiger partial charge is 0.390 e. The van der Waals surface area contributed by atoms with Crippen LogP contribution in [0.3, 0.4) is 0 Å². The van der Waals surface area contributed by atoms with Crippen LogP contribution in [-0.2, 0) is 0 Å². The topological polar surface area (TPSA) is 60.7 Å². The minimum atomic E-state index is -0.715. The highest BCUT2D eigenvalue weighted by atomic mass is 16.3. The fourth-order valence-corrected chi connectivity index (χ4v) is 2.29. The molecule has 0 saturated heterocycles. The molecule has 0 heterocycles. The molecule has 2 saturated carbocycles. The molecule has 2 aliphatic carbocycles. The van der Waals surface area contributed by atoms with E-state index in [0.29, 0.717) is 0 Å². The van der Waals surface area contributed by atoms with Crippen LogP contribution >= 0.6 is 0 Å². The van der Waals surface area contributed by atoms with E-state index in [9.17, 15) is 15.3 Å². The molecule has 0 spiro atoms. The molecular formula is C9H16O3. The molecular weight excluding hydrogens is 156 g/mol. The zero-order valence-corrected chi connectivity index (χ0v) is 7.27. The molecule has 4 atom stereocenters. The maximum Gasteiger partial charge on any atom is 0.0857 e. The van der Waals surface area contributed by atoms with Crippen molar-refractivity contribution in [2.75, 3.05) is 0 Å². The Hall–Kier alpha value is -0.120. The van der Waals surface area contributed by atoms with Crippen molar-refractivity contribution in [2.45, 2.75) is 44.0 Å². The number of rotatable bonds is 1. The first-order chi connectivity index (χ1) is 5.54. The zero-order valence-electron chi connectivity index (χ0n) is 7.27. The molecule has 3 nitrogen and oxygen atoms in total. The molecule has 2 aliphatic rings. The lowest BCUT2D eigenvalue weighted by Gasteiger charge is -2.21. The van der Waals surface area contributed by atoms with Gasteiger partial charge in [0.2, 0.25) is 0 Å². The Bertz CT molecular complexity index is 188. The first-order valence-electron chi connectivity index (χ1n) is 4.63. The summed E-state index contributed by atoms with van der Waals surface area (Å²) in [4.78, 5) is 0. The molecule has 4 unspecified atom stereocenters. The summed E-state index contributed by atoms with van der Waals surface area (Å²) in [5.41, 5.74) is -0.648. The summed E-state index contributed by atoms with van der Waals surface area (Å²) in [6.45, 7) is 1.92. The summed E-state index contributed by atoms with van der Waals surface area (Å²) < 4.78 is 0. The lowest BCUT2D eigenvalue weighted by atomic mass is 9.96. The average molecular weight is 172 g/mol. The quantitative estimate of drug-likeness (QED) is 0.517. The van der Waals surface area contributed by atoms with Gasteiger partial charge in [0.1, 0.15) is 0 Å². The molecule has 0 aliphatic heterocycles. The van der Waals surface area contributed by atoms with Gasteiger partial charge in [0.05, 0.1) is 17.8 Å². The van der Waals surface area contributed by atoms with Crippen molar-refractivity contribution in [1.82, 2.24) is 0 Å². The van der Waals surface area contributed by atoms with Crippen LogP contribution in [0.5, 0.6) is 0 Å². The van der Waals surface area contributed by atoms with Crippen molar-refractivity contribution in [2.24, 2.45) is 11.8 Å². The van der Waals surface area contributed by atoms with Crippen LogP contribution in [0.4, 0.5) is 0 Å². The predicted molar refractivity (Wildman–Crippen MR) is 43.5 cm³/mol. The van der Waals surface area contributed by atoms with Crippen LogP contribution in [0.15, 0.2) is 0 Å². The third-order valence-electron chi connectivity index (χ3n) is 3.42. The van der Waals surface area contributed by atoms with E-state index >= 15 is 0 Å². The first kappa shape index (κ1) is 8.48. The number of hydrogen-bond acceptors (Lipinski definition) is 3. The van der Waals surface area contributed by atoms with E-state index in [1.54, 1.807) is 0 Å². The van der Waals surface area contributed by atoms with E-state index in [1.807, 2.05) is 6.92 Å². The highest BCUT2D eigenvalue weighted by Gasteiger charge is 2.55. The molecule has 0 bridgehead atoms. The molecule has 0 radical (unpaired) electrons. The fraction of sp³-hybridized carbons (Fsp3) is 1.00. The maximum absolute atomic E-state index is 9.76. The lowest BCUT2D eigenvalue weighted by Crippen LogP contribution is -2.34. The second-order valence-corrected chi connectivity index (χ2v) is 4.40. The Morgan fingerprint density at radius 3 is 2.08 bits per heavy atom. The second-order valence-electron chi connectivity index (χ2n) is 4.40. The smallest absolute Gasteiger partial charge is 0.0857 e. The normalized spacial score (nSPS) is 51.0. The van der Waals surface area contributed by atoms with Gasteiger partial charge in [-0.2, -0.15) is 0 Å². The molecule has 0 amide bonds. The monoisotopic (exact) mass is 172 g/mol. The van der Waals surface area contributed by atoms with Crippen LogP contribution < -0.4 is 0 Å². The summed E-state index contributed by atoms with van der Waals surface area (Å²) in [6.07, 6.45) is 0.966. The minimum absolute atomic E-state index is 0.0949. The summed E-state index contributed by atoms with van der Waals surface area (Å²) in [5, 5.41) is 28.8. The molecule has 0 aromatic carbocycles. The third kappa shape index (κ3) is 1.08. The maximum atomic E-state index is 9.76. The van der Waals surface area contributed by atoms with Crippen molar-refractivity contribution in [1.29, 1.82) is 0 Å². The summed E-state index contributed by atoms with van der Waals surface area (Å²) >= 11 is 0. The van der Waals surface area contributed by atoms with Crippen LogP contribution in [0.25, 0.3) is 0 Å². The van der Waals surface area contributed by atoms with Crippen molar-refractivity contribution >= 4 is 0 Å². The van der Waals surface area contributed by atoms with Gasteiger partial charge in [-0.25, -0.2) is 0 Å². The number of aliphatic hydroxyl groups excluding tert-OH is 2. The molecule has 12 heavy (non-hydrogen) atoms. The van der Waals surface area contributed by atoms with E-state index in [1.165, 1.54) is 0 Å². The van der Waals surface area contributed by atoms with Gasteiger partial charge in [-0.05, 0) is 25.2 Å². The molecule has 2 rings (SSSR count). The highest BCUT2D eigenvalue weighted by molar-refractivity contribution is 5.07. The Morgan fingerprint density at radius 1 is 1.17 bits per heavy atom. The van der Waals surface area contributed by atoms with Gasteiger partial charge in [-0.15, -0.1) is 0 Å². The van der Waals surface area contributed by atoms with Crippen molar-refractivity contribution in [3.8, 4) is 0 Å². The summed E-state index contributed by atoms with van der Waals surface area (Å²) in [5.74, 6) is 0.0251. The molecule has 0 aromatic heterocycles. The first-order valence-corrected chi connectivity index (χ1v) is 4.63. The summed E-state index contributed by atoms with van der Waals surface area (Å²) in [7, 11) is 0. The van der Waals surface area contributed by atoms with Crippen LogP contribution in [0, 0.1) is 11.8 Å². The van der Waals surface area contributed by atoms with Gasteiger partial charge < -0.3 is 15.3 Å². The van der Waals surface area contributed by atoms with Gasteiger partial charge in [0, 0.05) is 5.92 Å². The van der Waals surface area contributed by atoms with Crippen molar-refractivity contribution < 1.29 is 15.3 Å². The Labute approximate surface area is 72.0 Å². The van der Waals surface area contributed by atoms with Crippen molar-refractivity contribution in [3.05, 3.63) is 0 Å². The van der Waals surface area contributed by atoms with E-state index in [-0.39, 0.29) is 11.8 Å². The molecule has 70 valence electrons. The fourth-order valence-electron chi connectivity index (χ4n) is 2.29. The van der Waals surface area contributed by atoms with Crippen molar-refractivity contribution in [3.63, 3.8) is 0 Å². The molecule has 3 N–H and O–H groups in total. The summed E-state index contributed by atoms with van der Waals surface area (Å²) in [6, 6.07) is 0.